The highest BCUT2D eigenvalue weighted by Gasteiger charge is 2.05. The van der Waals surface area contributed by atoms with E-state index in [1.54, 1.807) is 0 Å². The third-order valence-electron chi connectivity index (χ3n) is 3.06. The Morgan fingerprint density at radius 1 is 0.500 bits per heavy atom. The molecule has 0 N–H and O–H groups in total. The lowest BCUT2D eigenvalue weighted by atomic mass is 10.1. The van der Waals surface area contributed by atoms with Gasteiger partial charge in [0.1, 0.15) is 0 Å². The van der Waals surface area contributed by atoms with E-state index in [-0.39, 0.29) is 11.4 Å². The SMILES string of the molecule is CC.CC.O=C([O-])c1cc(N=Nc2cc(C(=O)[O-])cc(C(=O)[O-])c2)cc(C(=O)[O-])c1. The van der Waals surface area contributed by atoms with Crippen molar-refractivity contribution in [1.29, 1.82) is 0 Å². The van der Waals surface area contributed by atoms with E-state index in [1.165, 1.54) is 0 Å². The lowest BCUT2D eigenvalue weighted by molar-refractivity contribution is -0.257. The van der Waals surface area contributed by atoms with E-state index in [2.05, 4.69) is 10.2 Å². The average Bonchev–Trinajstić information content (AvgIpc) is 2.74. The van der Waals surface area contributed by atoms with Crippen molar-refractivity contribution in [2.75, 3.05) is 0 Å². The quantitative estimate of drug-likeness (QED) is 0.571. The molecule has 0 aliphatic heterocycles. The molecule has 0 unspecified atom stereocenters. The summed E-state index contributed by atoms with van der Waals surface area (Å²) in [6, 6.07) is 5.41. The van der Waals surface area contributed by atoms with Gasteiger partial charge in [0.25, 0.3) is 0 Å². The van der Waals surface area contributed by atoms with Crippen LogP contribution in [-0.2, 0) is 0 Å². The third kappa shape index (κ3) is 7.50. The molecule has 2 aromatic carbocycles. The lowest BCUT2D eigenvalue weighted by Crippen LogP contribution is -2.25. The van der Waals surface area contributed by atoms with E-state index in [0.717, 1.165) is 36.4 Å². The van der Waals surface area contributed by atoms with Crippen LogP contribution in [0.4, 0.5) is 11.4 Å². The summed E-state index contributed by atoms with van der Waals surface area (Å²) < 4.78 is 0. The number of carbonyl (C=O) groups is 4. The average molecular weight is 414 g/mol. The van der Waals surface area contributed by atoms with Crippen molar-refractivity contribution in [1.82, 2.24) is 0 Å². The summed E-state index contributed by atoms with van der Waals surface area (Å²) in [5, 5.41) is 50.8. The van der Waals surface area contributed by atoms with Crippen molar-refractivity contribution in [3.8, 4) is 0 Å². The second-order valence-electron chi connectivity index (χ2n) is 4.89. The summed E-state index contributed by atoms with van der Waals surface area (Å²) in [7, 11) is 0. The zero-order valence-electron chi connectivity index (χ0n) is 16.6. The Labute approximate surface area is 172 Å². The molecule has 2 rings (SSSR count). The minimum absolute atomic E-state index is 0.222. The van der Waals surface area contributed by atoms with Crippen LogP contribution in [0.3, 0.4) is 0 Å². The van der Waals surface area contributed by atoms with Crippen molar-refractivity contribution < 1.29 is 39.6 Å². The predicted octanol–water partition coefficient (Wildman–Crippen LogP) is -0.392. The van der Waals surface area contributed by atoms with Crippen LogP contribution in [-0.4, -0.2) is 23.9 Å². The van der Waals surface area contributed by atoms with Crippen LogP contribution in [0.25, 0.3) is 0 Å². The maximum atomic E-state index is 10.9. The topological polar surface area (TPSA) is 185 Å². The highest BCUT2D eigenvalue weighted by Crippen LogP contribution is 2.23. The van der Waals surface area contributed by atoms with Gasteiger partial charge in [-0.1, -0.05) is 27.7 Å². The van der Waals surface area contributed by atoms with E-state index in [4.69, 9.17) is 0 Å². The molecule has 160 valence electrons. The molecule has 0 aliphatic carbocycles. The number of azo groups is 1. The van der Waals surface area contributed by atoms with E-state index in [0.29, 0.717) is 0 Å². The molecule has 0 heterocycles. The maximum Gasteiger partial charge on any atom is 0.0870 e. The zero-order valence-corrected chi connectivity index (χ0v) is 16.6. The van der Waals surface area contributed by atoms with Gasteiger partial charge in [0.15, 0.2) is 0 Å². The number of carbonyl (C=O) groups excluding carboxylic acids is 4. The molecule has 0 fully saturated rings. The van der Waals surface area contributed by atoms with Gasteiger partial charge >= 0.3 is 0 Å². The number of rotatable bonds is 6. The molecule has 2 aromatic rings. The number of carboxylic acids is 4. The highest BCUT2D eigenvalue weighted by atomic mass is 16.4. The lowest BCUT2D eigenvalue weighted by Gasteiger charge is -2.09. The normalized spacial score (nSPS) is 9.60. The van der Waals surface area contributed by atoms with Gasteiger partial charge in [-0.15, -0.1) is 0 Å². The van der Waals surface area contributed by atoms with Gasteiger partial charge in [0, 0.05) is 22.3 Å². The van der Waals surface area contributed by atoms with E-state index < -0.39 is 46.1 Å². The van der Waals surface area contributed by atoms with Crippen LogP contribution in [0, 0.1) is 0 Å². The standard InChI is InChI=1S/C16H10N2O8.2C2H6/c19-13(20)7-1-8(14(21)22)4-11(3-7)17-18-12-5-9(15(23)24)2-10(6-12)16(25)26;2*1-2/h1-6H,(H,19,20)(H,21,22)(H,23,24)(H,25,26);2*1-2H3/p-4. The Hall–Kier alpha value is -4.08. The fourth-order valence-electron chi connectivity index (χ4n) is 1.92. The Kier molecular flexibility index (Phi) is 10.7. The van der Waals surface area contributed by atoms with E-state index in [1.807, 2.05) is 27.7 Å². The molecule has 0 aromatic heterocycles. The number of nitrogens with zero attached hydrogens (tertiary/aromatic N) is 2. The number of hydrogen-bond donors (Lipinski definition) is 0. The minimum atomic E-state index is -1.66. The maximum absolute atomic E-state index is 10.9. The van der Waals surface area contributed by atoms with Crippen molar-refractivity contribution in [3.63, 3.8) is 0 Å². The van der Waals surface area contributed by atoms with Crippen LogP contribution < -0.4 is 20.4 Å². The Bertz CT molecular complexity index is 825. The molecule has 0 amide bonds. The summed E-state index contributed by atoms with van der Waals surface area (Å²) in [5.41, 5.74) is -2.45. The summed E-state index contributed by atoms with van der Waals surface area (Å²) >= 11 is 0. The first kappa shape index (κ1) is 25.9. The van der Waals surface area contributed by atoms with Gasteiger partial charge in [-0.3, -0.25) is 0 Å². The van der Waals surface area contributed by atoms with Gasteiger partial charge in [-0.25, -0.2) is 0 Å². The van der Waals surface area contributed by atoms with Gasteiger partial charge in [0.2, 0.25) is 0 Å². The van der Waals surface area contributed by atoms with Crippen molar-refractivity contribution >= 4 is 35.3 Å². The van der Waals surface area contributed by atoms with Gasteiger partial charge < -0.3 is 39.6 Å². The van der Waals surface area contributed by atoms with Crippen molar-refractivity contribution in [2.45, 2.75) is 27.7 Å². The number of benzene rings is 2. The first-order valence-electron chi connectivity index (χ1n) is 8.74. The second kappa shape index (κ2) is 12.4. The van der Waals surface area contributed by atoms with Gasteiger partial charge in [-0.2, -0.15) is 10.2 Å². The monoisotopic (exact) mass is 414 g/mol. The van der Waals surface area contributed by atoms with Crippen LogP contribution in [0.5, 0.6) is 0 Å². The molecule has 0 bridgehead atoms. The van der Waals surface area contributed by atoms with E-state index >= 15 is 0 Å². The smallest absolute Gasteiger partial charge is 0.0870 e. The molecule has 0 saturated carbocycles. The molecule has 0 spiro atoms. The predicted molar refractivity (Wildman–Crippen MR) is 97.1 cm³/mol. The molecule has 0 radical (unpaired) electrons. The Morgan fingerprint density at radius 2 is 0.700 bits per heavy atom. The fraction of sp³-hybridized carbons (Fsp3) is 0.200. The van der Waals surface area contributed by atoms with Crippen LogP contribution >= 0.6 is 0 Å². The van der Waals surface area contributed by atoms with Gasteiger partial charge in [-0.05, 0) is 36.4 Å². The highest BCUT2D eigenvalue weighted by molar-refractivity contribution is 5.94. The first-order valence-corrected chi connectivity index (χ1v) is 8.74. The molecule has 30 heavy (non-hydrogen) atoms. The molecular formula is C20H18N2O8-4. The van der Waals surface area contributed by atoms with Crippen LogP contribution in [0.1, 0.15) is 69.1 Å². The summed E-state index contributed by atoms with van der Waals surface area (Å²) in [4.78, 5) is 43.6. The summed E-state index contributed by atoms with van der Waals surface area (Å²) in [5.74, 6) is -6.66. The second-order valence-corrected chi connectivity index (χ2v) is 4.89. The third-order valence-corrected chi connectivity index (χ3v) is 3.06. The van der Waals surface area contributed by atoms with Gasteiger partial charge in [0.05, 0.1) is 35.3 Å². The largest absolute Gasteiger partial charge is 0.545 e. The van der Waals surface area contributed by atoms with Crippen molar-refractivity contribution in [2.24, 2.45) is 10.2 Å². The summed E-state index contributed by atoms with van der Waals surface area (Å²) in [6.45, 7) is 8.00. The van der Waals surface area contributed by atoms with Crippen LogP contribution in [0.15, 0.2) is 46.6 Å². The first-order chi connectivity index (χ1) is 14.2. The molecule has 10 nitrogen and oxygen atoms in total. The Morgan fingerprint density at radius 3 is 0.867 bits per heavy atom. The molecule has 0 saturated heterocycles. The molecular weight excluding hydrogens is 396 g/mol. The molecule has 10 heteroatoms. The molecule has 0 atom stereocenters. The molecule has 0 aliphatic rings. The van der Waals surface area contributed by atoms with Crippen molar-refractivity contribution in [3.05, 3.63) is 58.7 Å². The number of aromatic carboxylic acids is 4. The Balaban J connectivity index is 0.00000198. The fourth-order valence-corrected chi connectivity index (χ4v) is 1.92. The summed E-state index contributed by atoms with van der Waals surface area (Å²) in [6.07, 6.45) is 0. The number of hydrogen-bond acceptors (Lipinski definition) is 10. The minimum Gasteiger partial charge on any atom is -0.545 e. The number of carboxylic acid groups (broad SMARTS) is 4. The van der Waals surface area contributed by atoms with Crippen LogP contribution in [0.2, 0.25) is 0 Å². The van der Waals surface area contributed by atoms with E-state index in [9.17, 15) is 39.6 Å². The zero-order chi connectivity index (χ0) is 23.4.